The molecule has 1 aliphatic heterocycles. The van der Waals surface area contributed by atoms with E-state index in [1.807, 2.05) is 25.5 Å². The molecule has 0 spiro atoms. The van der Waals surface area contributed by atoms with Crippen LogP contribution < -0.4 is 0 Å². The summed E-state index contributed by atoms with van der Waals surface area (Å²) in [5, 5.41) is 4.21. The van der Waals surface area contributed by atoms with Crippen molar-refractivity contribution >= 4 is 17.6 Å². The predicted octanol–water partition coefficient (Wildman–Crippen LogP) is 1.91. The third kappa shape index (κ3) is 1.65. The van der Waals surface area contributed by atoms with Crippen molar-refractivity contribution in [3.05, 3.63) is 58.4 Å². The van der Waals surface area contributed by atoms with Crippen LogP contribution in [0.3, 0.4) is 0 Å². The first-order chi connectivity index (χ1) is 9.70. The molecule has 98 valence electrons. The summed E-state index contributed by atoms with van der Waals surface area (Å²) in [6.45, 7) is 0.685. The van der Waals surface area contributed by atoms with E-state index in [0.717, 1.165) is 28.0 Å². The molecule has 0 bridgehead atoms. The lowest BCUT2D eigenvalue weighted by atomic mass is 9.90. The maximum Gasteiger partial charge on any atom is 0.160 e. The first-order valence-corrected chi connectivity index (χ1v) is 6.61. The van der Waals surface area contributed by atoms with E-state index in [1.54, 1.807) is 10.8 Å². The molecule has 1 aliphatic carbocycles. The molecule has 4 rings (SSSR count). The van der Waals surface area contributed by atoms with Crippen LogP contribution in [-0.2, 0) is 24.8 Å². The maximum absolute atomic E-state index is 11.5. The van der Waals surface area contributed by atoms with E-state index < -0.39 is 0 Å². The average Bonchev–Trinajstić information content (AvgIpc) is 3.02. The number of hydrogen-bond donors (Lipinski definition) is 0. The topological polar surface area (TPSA) is 47.2 Å². The number of aryl methyl sites for hydroxylation is 1. The van der Waals surface area contributed by atoms with Gasteiger partial charge >= 0.3 is 0 Å². The highest BCUT2D eigenvalue weighted by Crippen LogP contribution is 2.29. The number of allylic oxidation sites excluding steroid dienone is 1. The van der Waals surface area contributed by atoms with Gasteiger partial charge in [0.1, 0.15) is 0 Å². The molecule has 0 radical (unpaired) electrons. The van der Waals surface area contributed by atoms with Gasteiger partial charge in [-0.2, -0.15) is 5.10 Å². The minimum absolute atomic E-state index is 0.170. The van der Waals surface area contributed by atoms with E-state index in [4.69, 9.17) is 0 Å². The predicted molar refractivity (Wildman–Crippen MR) is 76.7 cm³/mol. The molecule has 2 aliphatic rings. The molecule has 2 heterocycles. The SMILES string of the molecule is Cn1cc(C2=NCc3cc4c(cc32)C=CC(=O)C4)cn1. The number of aromatic nitrogens is 2. The first kappa shape index (κ1) is 11.3. The first-order valence-electron chi connectivity index (χ1n) is 6.61. The fourth-order valence-corrected chi connectivity index (χ4v) is 2.84. The summed E-state index contributed by atoms with van der Waals surface area (Å²) in [6, 6.07) is 4.27. The molecule has 2 aromatic rings. The molecule has 0 amide bonds. The molecule has 0 N–H and O–H groups in total. The molecule has 0 fully saturated rings. The van der Waals surface area contributed by atoms with Crippen LogP contribution in [0.5, 0.6) is 0 Å². The van der Waals surface area contributed by atoms with Crippen molar-refractivity contribution in [3.8, 4) is 0 Å². The Bertz CT molecular complexity index is 796. The largest absolute Gasteiger partial charge is 0.294 e. The van der Waals surface area contributed by atoms with Gasteiger partial charge in [-0.1, -0.05) is 12.1 Å². The zero-order chi connectivity index (χ0) is 13.7. The van der Waals surface area contributed by atoms with Crippen LogP contribution in [0.1, 0.15) is 27.8 Å². The summed E-state index contributed by atoms with van der Waals surface area (Å²) in [4.78, 5) is 16.1. The number of carbonyl (C=O) groups excluding carboxylic acids is 1. The third-order valence-corrected chi connectivity index (χ3v) is 3.82. The molecule has 0 atom stereocenters. The summed E-state index contributed by atoms with van der Waals surface area (Å²) in [7, 11) is 1.90. The van der Waals surface area contributed by atoms with Crippen LogP contribution in [0.15, 0.2) is 35.6 Å². The van der Waals surface area contributed by atoms with Crippen LogP contribution >= 0.6 is 0 Å². The molecule has 0 unspecified atom stereocenters. The monoisotopic (exact) mass is 263 g/mol. The van der Waals surface area contributed by atoms with Crippen molar-refractivity contribution in [3.63, 3.8) is 0 Å². The maximum atomic E-state index is 11.5. The Kier molecular flexibility index (Phi) is 2.27. The summed E-state index contributed by atoms with van der Waals surface area (Å²) in [6.07, 6.45) is 7.88. The van der Waals surface area contributed by atoms with E-state index in [1.165, 1.54) is 5.56 Å². The summed E-state index contributed by atoms with van der Waals surface area (Å²) in [5.41, 5.74) is 6.64. The lowest BCUT2D eigenvalue weighted by molar-refractivity contribution is -0.114. The summed E-state index contributed by atoms with van der Waals surface area (Å²) >= 11 is 0. The highest BCUT2D eigenvalue weighted by atomic mass is 16.1. The molecular formula is C16H13N3O. The summed E-state index contributed by atoms with van der Waals surface area (Å²) < 4.78 is 1.78. The quantitative estimate of drug-likeness (QED) is 0.789. The van der Waals surface area contributed by atoms with Crippen LogP contribution in [0.4, 0.5) is 0 Å². The van der Waals surface area contributed by atoms with Crippen molar-refractivity contribution in [2.45, 2.75) is 13.0 Å². The van der Waals surface area contributed by atoms with E-state index in [9.17, 15) is 4.79 Å². The molecule has 4 nitrogen and oxygen atoms in total. The van der Waals surface area contributed by atoms with Gasteiger partial charge in [0.05, 0.1) is 18.5 Å². The number of hydrogen-bond acceptors (Lipinski definition) is 3. The highest BCUT2D eigenvalue weighted by molar-refractivity contribution is 6.15. The van der Waals surface area contributed by atoms with Crippen LogP contribution in [0.25, 0.3) is 6.08 Å². The highest BCUT2D eigenvalue weighted by Gasteiger charge is 2.22. The van der Waals surface area contributed by atoms with Gasteiger partial charge in [-0.05, 0) is 28.8 Å². The minimum atomic E-state index is 0.170. The van der Waals surface area contributed by atoms with Crippen molar-refractivity contribution in [2.24, 2.45) is 12.0 Å². The molecule has 0 saturated heterocycles. The van der Waals surface area contributed by atoms with Gasteiger partial charge < -0.3 is 0 Å². The van der Waals surface area contributed by atoms with E-state index in [-0.39, 0.29) is 5.78 Å². The van der Waals surface area contributed by atoms with Crippen molar-refractivity contribution in [1.29, 1.82) is 0 Å². The second kappa shape index (κ2) is 4.00. The van der Waals surface area contributed by atoms with E-state index in [2.05, 4.69) is 22.2 Å². The molecule has 0 saturated carbocycles. The zero-order valence-electron chi connectivity index (χ0n) is 11.1. The summed E-state index contributed by atoms with van der Waals surface area (Å²) in [5.74, 6) is 0.170. The number of nitrogens with zero attached hydrogens (tertiary/aromatic N) is 3. The number of rotatable bonds is 1. The fourth-order valence-electron chi connectivity index (χ4n) is 2.84. The standard InChI is InChI=1S/C16H13N3O/c1-19-9-13(8-18-19)16-15-6-10-2-3-14(20)5-11(10)4-12(15)7-17-16/h2-4,6,8-9H,5,7H2,1H3. The van der Waals surface area contributed by atoms with Gasteiger partial charge in [0.2, 0.25) is 0 Å². The average molecular weight is 263 g/mol. The molecule has 4 heteroatoms. The van der Waals surface area contributed by atoms with Crippen molar-refractivity contribution < 1.29 is 4.79 Å². The third-order valence-electron chi connectivity index (χ3n) is 3.82. The number of carbonyl (C=O) groups is 1. The molecular weight excluding hydrogens is 250 g/mol. The van der Waals surface area contributed by atoms with Gasteiger partial charge in [0.15, 0.2) is 5.78 Å². The van der Waals surface area contributed by atoms with E-state index >= 15 is 0 Å². The smallest absolute Gasteiger partial charge is 0.160 e. The lowest BCUT2D eigenvalue weighted by Crippen LogP contribution is -2.08. The minimum Gasteiger partial charge on any atom is -0.294 e. The van der Waals surface area contributed by atoms with Crippen LogP contribution in [-0.4, -0.2) is 21.3 Å². The number of aliphatic imine (C=N–C) groups is 1. The Balaban J connectivity index is 1.83. The van der Waals surface area contributed by atoms with Crippen molar-refractivity contribution in [1.82, 2.24) is 9.78 Å². The van der Waals surface area contributed by atoms with Crippen molar-refractivity contribution in [2.75, 3.05) is 0 Å². The Labute approximate surface area is 116 Å². The lowest BCUT2D eigenvalue weighted by Gasteiger charge is -2.12. The van der Waals surface area contributed by atoms with Gasteiger partial charge in [0, 0.05) is 30.8 Å². The Hall–Kier alpha value is -2.49. The Morgan fingerprint density at radius 1 is 1.20 bits per heavy atom. The van der Waals surface area contributed by atoms with Gasteiger partial charge in [0.25, 0.3) is 0 Å². The van der Waals surface area contributed by atoms with Gasteiger partial charge in [-0.15, -0.1) is 0 Å². The number of ketones is 1. The zero-order valence-corrected chi connectivity index (χ0v) is 11.1. The molecule has 1 aromatic heterocycles. The Morgan fingerprint density at radius 2 is 2.10 bits per heavy atom. The van der Waals surface area contributed by atoms with Crippen LogP contribution in [0.2, 0.25) is 0 Å². The number of benzene rings is 1. The second-order valence-electron chi connectivity index (χ2n) is 5.25. The van der Waals surface area contributed by atoms with Gasteiger partial charge in [-0.25, -0.2) is 0 Å². The van der Waals surface area contributed by atoms with Crippen LogP contribution in [0, 0.1) is 0 Å². The number of fused-ring (bicyclic) bond motifs is 2. The molecule has 20 heavy (non-hydrogen) atoms. The van der Waals surface area contributed by atoms with E-state index in [0.29, 0.717) is 13.0 Å². The second-order valence-corrected chi connectivity index (χ2v) is 5.25. The van der Waals surface area contributed by atoms with Gasteiger partial charge in [-0.3, -0.25) is 14.5 Å². The molecule has 1 aromatic carbocycles. The normalized spacial score (nSPS) is 16.1. The Morgan fingerprint density at radius 3 is 2.90 bits per heavy atom. The fraction of sp³-hybridized carbons (Fsp3) is 0.188.